The molecule has 0 aliphatic carbocycles. The van der Waals surface area contributed by atoms with Gasteiger partial charge in [-0.3, -0.25) is 14.1 Å². The molecular formula is C21H31N5O3. The van der Waals surface area contributed by atoms with Gasteiger partial charge in [0.05, 0.1) is 18.8 Å². The van der Waals surface area contributed by atoms with Gasteiger partial charge >= 0.3 is 5.69 Å². The molecule has 4 rings (SSSR count). The van der Waals surface area contributed by atoms with Gasteiger partial charge in [0.25, 0.3) is 0 Å². The van der Waals surface area contributed by atoms with Gasteiger partial charge in [0.15, 0.2) is 5.65 Å². The Balaban J connectivity index is 1.25. The SMILES string of the molecule is CC1CN(CC2CCN(C(=O)CCn3nc4ccccn4c3=O)CC2)CC(C)O1. The number of carbonyl (C=O) groups is 1. The van der Waals surface area contributed by atoms with Crippen LogP contribution in [0.15, 0.2) is 29.2 Å². The lowest BCUT2D eigenvalue weighted by Crippen LogP contribution is -2.48. The third-order valence-electron chi connectivity index (χ3n) is 6.00. The van der Waals surface area contributed by atoms with Crippen molar-refractivity contribution in [2.75, 3.05) is 32.7 Å². The van der Waals surface area contributed by atoms with E-state index in [9.17, 15) is 9.59 Å². The van der Waals surface area contributed by atoms with Crippen LogP contribution in [-0.4, -0.2) is 74.8 Å². The Morgan fingerprint density at radius 1 is 1.17 bits per heavy atom. The Morgan fingerprint density at radius 3 is 2.59 bits per heavy atom. The van der Waals surface area contributed by atoms with Crippen molar-refractivity contribution in [3.8, 4) is 0 Å². The summed E-state index contributed by atoms with van der Waals surface area (Å²) in [4.78, 5) is 29.4. The van der Waals surface area contributed by atoms with Gasteiger partial charge in [-0.15, -0.1) is 5.10 Å². The molecule has 2 saturated heterocycles. The van der Waals surface area contributed by atoms with Gasteiger partial charge in [0, 0.05) is 45.3 Å². The Kier molecular flexibility index (Phi) is 6.01. The lowest BCUT2D eigenvalue weighted by molar-refractivity contribution is -0.133. The van der Waals surface area contributed by atoms with Crippen molar-refractivity contribution in [2.45, 2.75) is 51.9 Å². The summed E-state index contributed by atoms with van der Waals surface area (Å²) in [5.74, 6) is 0.749. The van der Waals surface area contributed by atoms with Crippen LogP contribution in [0.1, 0.15) is 33.1 Å². The zero-order valence-corrected chi connectivity index (χ0v) is 17.4. The molecule has 29 heavy (non-hydrogen) atoms. The van der Waals surface area contributed by atoms with Gasteiger partial charge in [-0.05, 0) is 44.7 Å². The van der Waals surface area contributed by atoms with Gasteiger partial charge in [0.1, 0.15) is 0 Å². The van der Waals surface area contributed by atoms with E-state index in [0.717, 1.165) is 45.6 Å². The van der Waals surface area contributed by atoms with Crippen LogP contribution in [-0.2, 0) is 16.1 Å². The van der Waals surface area contributed by atoms with E-state index in [-0.39, 0.29) is 11.6 Å². The van der Waals surface area contributed by atoms with E-state index in [1.165, 1.54) is 9.08 Å². The van der Waals surface area contributed by atoms with Crippen LogP contribution in [0, 0.1) is 5.92 Å². The summed E-state index contributed by atoms with van der Waals surface area (Å²) in [5, 5.41) is 4.30. The van der Waals surface area contributed by atoms with Crippen molar-refractivity contribution in [3.05, 3.63) is 34.9 Å². The fourth-order valence-corrected chi connectivity index (χ4v) is 4.64. The largest absolute Gasteiger partial charge is 0.373 e. The summed E-state index contributed by atoms with van der Waals surface area (Å²) < 4.78 is 8.71. The average molecular weight is 402 g/mol. The summed E-state index contributed by atoms with van der Waals surface area (Å²) in [6, 6.07) is 5.44. The second-order valence-corrected chi connectivity index (χ2v) is 8.48. The van der Waals surface area contributed by atoms with Crippen molar-refractivity contribution in [1.82, 2.24) is 24.0 Å². The van der Waals surface area contributed by atoms with E-state index in [4.69, 9.17) is 4.74 Å². The lowest BCUT2D eigenvalue weighted by atomic mass is 9.95. The van der Waals surface area contributed by atoms with E-state index in [1.54, 1.807) is 18.3 Å². The Labute approximate surface area is 171 Å². The van der Waals surface area contributed by atoms with E-state index in [2.05, 4.69) is 23.8 Å². The molecule has 2 aliphatic heterocycles. The normalized spacial score (nSPS) is 24.3. The van der Waals surface area contributed by atoms with Gasteiger partial charge < -0.3 is 9.64 Å². The third kappa shape index (κ3) is 4.70. The standard InChI is InChI=1S/C21H31N5O3/c1-16-13-23(14-17(2)29-16)15-18-6-10-24(11-7-18)20(27)8-12-26-21(28)25-9-4-3-5-19(25)22-26/h3-5,9,16-18H,6-8,10-15H2,1-2H3. The Hall–Kier alpha value is -2.19. The monoisotopic (exact) mass is 401 g/mol. The predicted octanol–water partition coefficient (Wildman–Crippen LogP) is 1.23. The topological polar surface area (TPSA) is 72.1 Å². The molecule has 2 fully saturated rings. The maximum atomic E-state index is 12.6. The highest BCUT2D eigenvalue weighted by molar-refractivity contribution is 5.76. The number of fused-ring (bicyclic) bond motifs is 1. The molecule has 8 heteroatoms. The van der Waals surface area contributed by atoms with Crippen LogP contribution < -0.4 is 5.69 Å². The molecule has 158 valence electrons. The molecule has 0 aromatic carbocycles. The lowest BCUT2D eigenvalue weighted by Gasteiger charge is -2.39. The summed E-state index contributed by atoms with van der Waals surface area (Å²) in [6.07, 6.45) is 4.68. The van der Waals surface area contributed by atoms with Crippen molar-refractivity contribution in [3.63, 3.8) is 0 Å². The first kappa shape index (κ1) is 20.1. The number of pyridine rings is 1. The molecule has 2 aliphatic rings. The van der Waals surface area contributed by atoms with Gasteiger partial charge in [-0.1, -0.05) is 6.07 Å². The fourth-order valence-electron chi connectivity index (χ4n) is 4.64. The molecule has 2 atom stereocenters. The number of nitrogens with zero attached hydrogens (tertiary/aromatic N) is 5. The van der Waals surface area contributed by atoms with E-state index in [1.807, 2.05) is 11.0 Å². The first-order valence-corrected chi connectivity index (χ1v) is 10.7. The number of ether oxygens (including phenoxy) is 1. The molecule has 1 amide bonds. The van der Waals surface area contributed by atoms with Crippen LogP contribution in [0.5, 0.6) is 0 Å². The van der Waals surface area contributed by atoms with Crippen molar-refractivity contribution < 1.29 is 9.53 Å². The highest BCUT2D eigenvalue weighted by Crippen LogP contribution is 2.21. The van der Waals surface area contributed by atoms with E-state index in [0.29, 0.717) is 36.7 Å². The zero-order valence-electron chi connectivity index (χ0n) is 17.4. The number of hydrogen-bond acceptors (Lipinski definition) is 5. The van der Waals surface area contributed by atoms with Crippen LogP contribution >= 0.6 is 0 Å². The minimum absolute atomic E-state index is 0.112. The number of rotatable bonds is 5. The fraction of sp³-hybridized carbons (Fsp3) is 0.667. The smallest absolute Gasteiger partial charge is 0.350 e. The minimum atomic E-state index is -0.193. The second-order valence-electron chi connectivity index (χ2n) is 8.48. The molecule has 0 saturated carbocycles. The Bertz CT molecular complexity index is 889. The third-order valence-corrected chi connectivity index (χ3v) is 6.00. The second kappa shape index (κ2) is 8.67. The van der Waals surface area contributed by atoms with Crippen molar-refractivity contribution in [1.29, 1.82) is 0 Å². The molecule has 0 spiro atoms. The molecule has 0 bridgehead atoms. The number of carbonyl (C=O) groups excluding carboxylic acids is 1. The number of hydrogen-bond donors (Lipinski definition) is 0. The van der Waals surface area contributed by atoms with E-state index < -0.39 is 0 Å². The van der Waals surface area contributed by atoms with E-state index >= 15 is 0 Å². The Morgan fingerprint density at radius 2 is 1.90 bits per heavy atom. The number of aryl methyl sites for hydroxylation is 1. The molecule has 2 unspecified atom stereocenters. The van der Waals surface area contributed by atoms with Crippen LogP contribution in [0.25, 0.3) is 5.65 Å². The number of likely N-dealkylation sites (tertiary alicyclic amines) is 1. The number of piperidine rings is 1. The predicted molar refractivity (Wildman–Crippen MR) is 110 cm³/mol. The summed E-state index contributed by atoms with van der Waals surface area (Å²) in [6.45, 7) is 9.29. The minimum Gasteiger partial charge on any atom is -0.373 e. The zero-order chi connectivity index (χ0) is 20.4. The highest BCUT2D eigenvalue weighted by atomic mass is 16.5. The molecule has 0 radical (unpaired) electrons. The maximum Gasteiger partial charge on any atom is 0.350 e. The van der Waals surface area contributed by atoms with Gasteiger partial charge in [-0.25, -0.2) is 9.48 Å². The number of morpholine rings is 1. The number of aromatic nitrogens is 3. The molecule has 0 N–H and O–H groups in total. The van der Waals surface area contributed by atoms with Crippen molar-refractivity contribution >= 4 is 11.6 Å². The van der Waals surface area contributed by atoms with Crippen LogP contribution in [0.3, 0.4) is 0 Å². The average Bonchev–Trinajstić information content (AvgIpc) is 3.02. The number of amides is 1. The van der Waals surface area contributed by atoms with Gasteiger partial charge in [-0.2, -0.15) is 0 Å². The van der Waals surface area contributed by atoms with Crippen LogP contribution in [0.4, 0.5) is 0 Å². The summed E-state index contributed by atoms with van der Waals surface area (Å²) in [5.41, 5.74) is 0.415. The van der Waals surface area contributed by atoms with Crippen molar-refractivity contribution in [2.24, 2.45) is 5.92 Å². The quantitative estimate of drug-likeness (QED) is 0.754. The van der Waals surface area contributed by atoms with Gasteiger partial charge in [0.2, 0.25) is 5.91 Å². The maximum absolute atomic E-state index is 12.6. The summed E-state index contributed by atoms with van der Waals surface area (Å²) in [7, 11) is 0. The molecule has 2 aromatic heterocycles. The highest BCUT2D eigenvalue weighted by Gasteiger charge is 2.28. The first-order valence-electron chi connectivity index (χ1n) is 10.7. The molecular weight excluding hydrogens is 370 g/mol. The molecule has 2 aromatic rings. The summed E-state index contributed by atoms with van der Waals surface area (Å²) >= 11 is 0. The molecule has 8 nitrogen and oxygen atoms in total. The first-order chi connectivity index (χ1) is 14.0. The molecule has 4 heterocycles. The van der Waals surface area contributed by atoms with Crippen LogP contribution in [0.2, 0.25) is 0 Å².